The lowest BCUT2D eigenvalue weighted by Crippen LogP contribution is -2.48. The predicted octanol–water partition coefficient (Wildman–Crippen LogP) is 4.71. The van der Waals surface area contributed by atoms with E-state index >= 15 is 0 Å². The van der Waals surface area contributed by atoms with Crippen LogP contribution >= 0.6 is 0 Å². The van der Waals surface area contributed by atoms with Crippen LogP contribution in [0, 0.1) is 11.8 Å². The van der Waals surface area contributed by atoms with E-state index in [-0.39, 0.29) is 0 Å². The largest absolute Gasteiger partial charge is 0.497 e. The topological polar surface area (TPSA) is 18.5 Å². The van der Waals surface area contributed by atoms with Gasteiger partial charge in [-0.2, -0.15) is 0 Å². The van der Waals surface area contributed by atoms with Crippen molar-refractivity contribution in [3.63, 3.8) is 0 Å². The Morgan fingerprint density at radius 1 is 0.708 bits per heavy atom. The molecule has 2 heteroatoms. The molecule has 1 saturated carbocycles. The van der Waals surface area contributed by atoms with E-state index < -0.39 is 0 Å². The smallest absolute Gasteiger partial charge is 0.119 e. The maximum absolute atomic E-state index is 5.51. The highest BCUT2D eigenvalue weighted by Crippen LogP contribution is 2.65. The van der Waals surface area contributed by atoms with E-state index in [0.717, 1.165) is 23.3 Å². The lowest BCUT2D eigenvalue weighted by Gasteiger charge is -2.58. The third-order valence-electron chi connectivity index (χ3n) is 6.78. The zero-order valence-corrected chi connectivity index (χ0v) is 14.4. The second kappa shape index (κ2) is 5.27. The van der Waals surface area contributed by atoms with Crippen LogP contribution in [0.5, 0.6) is 11.5 Å². The summed E-state index contributed by atoms with van der Waals surface area (Å²) in [5.74, 6) is 5.04. The van der Waals surface area contributed by atoms with Crippen molar-refractivity contribution in [2.45, 2.75) is 37.5 Å². The molecule has 0 heterocycles. The average Bonchev–Trinajstić information content (AvgIpc) is 2.62. The lowest BCUT2D eigenvalue weighted by atomic mass is 9.46. The maximum atomic E-state index is 5.51. The van der Waals surface area contributed by atoms with Crippen molar-refractivity contribution in [3.05, 3.63) is 58.7 Å². The van der Waals surface area contributed by atoms with Gasteiger partial charge in [-0.05, 0) is 95.9 Å². The van der Waals surface area contributed by atoms with Gasteiger partial charge < -0.3 is 9.47 Å². The molecule has 0 radical (unpaired) electrons. The third kappa shape index (κ3) is 1.89. The molecule has 3 aliphatic rings. The van der Waals surface area contributed by atoms with Gasteiger partial charge in [0.15, 0.2) is 0 Å². The first-order chi connectivity index (χ1) is 11.8. The van der Waals surface area contributed by atoms with Gasteiger partial charge in [-0.1, -0.05) is 12.1 Å². The Morgan fingerprint density at radius 2 is 1.17 bits per heavy atom. The fraction of sp³-hybridized carbons (Fsp3) is 0.455. The second-order valence-electron chi connectivity index (χ2n) is 7.59. The summed E-state index contributed by atoms with van der Waals surface area (Å²) in [6.07, 6.45) is 5.16. The van der Waals surface area contributed by atoms with Crippen LogP contribution in [0.2, 0.25) is 0 Å². The lowest BCUT2D eigenvalue weighted by molar-refractivity contribution is 0.0555. The van der Waals surface area contributed by atoms with E-state index in [2.05, 4.69) is 36.4 Å². The first-order valence-corrected chi connectivity index (χ1v) is 9.14. The number of benzene rings is 2. The zero-order valence-electron chi connectivity index (χ0n) is 14.4. The van der Waals surface area contributed by atoms with Crippen LogP contribution in [0.15, 0.2) is 36.4 Å². The molecular formula is C22H24O2. The van der Waals surface area contributed by atoms with Gasteiger partial charge in [-0.15, -0.1) is 0 Å². The molecule has 2 nitrogen and oxygen atoms in total. The van der Waals surface area contributed by atoms with Crippen molar-refractivity contribution in [1.29, 1.82) is 0 Å². The molecule has 0 N–H and O–H groups in total. The van der Waals surface area contributed by atoms with Crippen molar-refractivity contribution in [1.82, 2.24) is 0 Å². The molecule has 0 bridgehead atoms. The number of hydrogen-bond donors (Lipinski definition) is 0. The summed E-state index contributed by atoms with van der Waals surface area (Å²) in [5.41, 5.74) is 6.15. The molecule has 4 unspecified atom stereocenters. The third-order valence-corrected chi connectivity index (χ3v) is 6.78. The Balaban J connectivity index is 1.61. The Bertz CT molecular complexity index is 727. The molecule has 2 aromatic carbocycles. The normalized spacial score (nSPS) is 29.4. The number of methoxy groups -OCH3 is 2. The molecule has 0 spiro atoms. The molecule has 3 aliphatic carbocycles. The van der Waals surface area contributed by atoms with E-state index in [0.29, 0.717) is 11.8 Å². The van der Waals surface area contributed by atoms with Gasteiger partial charge in [0.25, 0.3) is 0 Å². The Hall–Kier alpha value is -1.96. The van der Waals surface area contributed by atoms with Crippen LogP contribution in [0.3, 0.4) is 0 Å². The first kappa shape index (κ1) is 14.4. The zero-order chi connectivity index (χ0) is 16.3. The molecule has 124 valence electrons. The minimum Gasteiger partial charge on any atom is -0.497 e. The molecule has 4 atom stereocenters. The predicted molar refractivity (Wildman–Crippen MR) is 95.1 cm³/mol. The van der Waals surface area contributed by atoms with E-state index in [4.69, 9.17) is 9.47 Å². The van der Waals surface area contributed by atoms with Gasteiger partial charge in [0, 0.05) is 0 Å². The van der Waals surface area contributed by atoms with Crippen LogP contribution in [0.25, 0.3) is 0 Å². The highest BCUT2D eigenvalue weighted by atomic mass is 16.5. The summed E-state index contributed by atoms with van der Waals surface area (Å²) in [5, 5.41) is 0. The maximum Gasteiger partial charge on any atom is 0.119 e. The number of rotatable bonds is 2. The van der Waals surface area contributed by atoms with Crippen LogP contribution in [0.1, 0.15) is 46.9 Å². The van der Waals surface area contributed by atoms with Crippen molar-refractivity contribution < 1.29 is 9.47 Å². The van der Waals surface area contributed by atoms with Crippen LogP contribution < -0.4 is 9.47 Å². The minimum absolute atomic E-state index is 0.667. The summed E-state index contributed by atoms with van der Waals surface area (Å²) in [7, 11) is 3.54. The second-order valence-corrected chi connectivity index (χ2v) is 7.59. The van der Waals surface area contributed by atoms with Crippen LogP contribution in [0.4, 0.5) is 0 Å². The van der Waals surface area contributed by atoms with E-state index in [1.54, 1.807) is 25.3 Å². The van der Waals surface area contributed by atoms with Gasteiger partial charge in [-0.25, -0.2) is 0 Å². The summed E-state index contributed by atoms with van der Waals surface area (Å²) in [6, 6.07) is 13.4. The molecule has 0 saturated heterocycles. The van der Waals surface area contributed by atoms with Crippen molar-refractivity contribution in [2.75, 3.05) is 14.2 Å². The van der Waals surface area contributed by atoms with E-state index in [1.807, 2.05) is 0 Å². The van der Waals surface area contributed by atoms with Gasteiger partial charge in [0.05, 0.1) is 14.2 Å². The van der Waals surface area contributed by atoms with Crippen molar-refractivity contribution >= 4 is 0 Å². The summed E-state index contributed by atoms with van der Waals surface area (Å²) in [6.45, 7) is 0. The molecule has 0 aliphatic heterocycles. The van der Waals surface area contributed by atoms with Gasteiger partial charge in [0.2, 0.25) is 0 Å². The first-order valence-electron chi connectivity index (χ1n) is 9.14. The summed E-state index contributed by atoms with van der Waals surface area (Å²) in [4.78, 5) is 0. The number of fused-ring (bicyclic) bond motifs is 8. The highest BCUT2D eigenvalue weighted by molar-refractivity contribution is 5.49. The van der Waals surface area contributed by atoms with Crippen molar-refractivity contribution in [3.8, 4) is 11.5 Å². The standard InChI is InChI=1S/C22H24O2/c1-23-15-7-3-13-5-9-17-18-10-6-14-4-8-16(24-2)12-20(14)22(18)21(17)19(13)11-15/h3-4,7-8,11-12,17-18,21-22H,5-6,9-10H2,1-2H3. The Morgan fingerprint density at radius 3 is 1.58 bits per heavy atom. The fourth-order valence-corrected chi connectivity index (χ4v) is 5.68. The number of ether oxygens (including phenoxy) is 2. The van der Waals surface area contributed by atoms with E-state index in [1.165, 1.54) is 36.8 Å². The molecule has 0 amide bonds. The van der Waals surface area contributed by atoms with Crippen molar-refractivity contribution in [2.24, 2.45) is 11.8 Å². The summed E-state index contributed by atoms with van der Waals surface area (Å²) < 4.78 is 11.0. The van der Waals surface area contributed by atoms with Gasteiger partial charge >= 0.3 is 0 Å². The van der Waals surface area contributed by atoms with Crippen LogP contribution in [-0.4, -0.2) is 14.2 Å². The molecule has 5 rings (SSSR count). The fourth-order valence-electron chi connectivity index (χ4n) is 5.68. The molecule has 24 heavy (non-hydrogen) atoms. The minimum atomic E-state index is 0.667. The Labute approximate surface area is 143 Å². The molecule has 0 aromatic heterocycles. The van der Waals surface area contributed by atoms with Gasteiger partial charge in [-0.3, -0.25) is 0 Å². The Kier molecular flexibility index (Phi) is 3.16. The van der Waals surface area contributed by atoms with Crippen LogP contribution in [-0.2, 0) is 12.8 Å². The molecule has 1 fully saturated rings. The molecular weight excluding hydrogens is 296 g/mol. The summed E-state index contributed by atoms with van der Waals surface area (Å²) >= 11 is 0. The average molecular weight is 320 g/mol. The number of hydrogen-bond acceptors (Lipinski definition) is 2. The monoisotopic (exact) mass is 320 g/mol. The highest BCUT2D eigenvalue weighted by Gasteiger charge is 2.54. The quantitative estimate of drug-likeness (QED) is 0.798. The molecule has 2 aromatic rings. The van der Waals surface area contributed by atoms with Gasteiger partial charge in [0.1, 0.15) is 11.5 Å². The number of aryl methyl sites for hydroxylation is 2. The SMILES string of the molecule is COc1ccc2c(c1)C1C(CC2)C2CCc3ccc(OC)cc3C21. The van der Waals surface area contributed by atoms with E-state index in [9.17, 15) is 0 Å².